The van der Waals surface area contributed by atoms with E-state index in [1.54, 1.807) is 20.8 Å². The zero-order chi connectivity index (χ0) is 28.8. The van der Waals surface area contributed by atoms with Gasteiger partial charge in [-0.15, -0.1) is 0 Å². The maximum atomic E-state index is 13.0. The van der Waals surface area contributed by atoms with Crippen molar-refractivity contribution in [2.75, 3.05) is 0 Å². The summed E-state index contributed by atoms with van der Waals surface area (Å²) in [5.41, 5.74) is 1.11. The summed E-state index contributed by atoms with van der Waals surface area (Å²) in [4.78, 5) is 38.2. The molecule has 0 saturated heterocycles. The van der Waals surface area contributed by atoms with Crippen LogP contribution < -0.4 is 5.32 Å². The lowest BCUT2D eigenvalue weighted by molar-refractivity contribution is -0.148. The molecule has 1 N–H and O–H groups in total. The maximum Gasteiger partial charge on any atom is 0.408 e. The maximum absolute atomic E-state index is 13.0. The van der Waals surface area contributed by atoms with Gasteiger partial charge in [0.1, 0.15) is 24.9 Å². The average molecular weight is 552 g/mol. The lowest BCUT2D eigenvalue weighted by atomic mass is 9.69. The van der Waals surface area contributed by atoms with E-state index in [0.717, 1.165) is 49.7 Å². The van der Waals surface area contributed by atoms with Gasteiger partial charge in [-0.25, -0.2) is 9.59 Å². The molecule has 7 heteroatoms. The molecule has 0 aromatic heterocycles. The Labute approximate surface area is 239 Å². The Kier molecular flexibility index (Phi) is 12.0. The van der Waals surface area contributed by atoms with E-state index in [1.165, 1.54) is 6.42 Å². The Morgan fingerprint density at radius 3 is 1.98 bits per heavy atom. The first-order chi connectivity index (χ1) is 19.1. The molecule has 0 spiro atoms. The molecule has 40 heavy (non-hydrogen) atoms. The van der Waals surface area contributed by atoms with E-state index in [1.807, 2.05) is 60.7 Å². The number of ether oxygens (including phenoxy) is 3. The van der Waals surface area contributed by atoms with Crippen molar-refractivity contribution in [2.45, 2.75) is 110 Å². The van der Waals surface area contributed by atoms with Crippen molar-refractivity contribution >= 4 is 18.0 Å². The number of hydrogen-bond acceptors (Lipinski definition) is 6. The van der Waals surface area contributed by atoms with Gasteiger partial charge in [-0.05, 0) is 63.0 Å². The lowest BCUT2D eigenvalue weighted by Gasteiger charge is -2.37. The van der Waals surface area contributed by atoms with Crippen molar-refractivity contribution in [3.05, 3.63) is 71.8 Å². The van der Waals surface area contributed by atoms with Crippen LogP contribution in [-0.2, 0) is 37.0 Å². The molecule has 0 heterocycles. The number of esters is 2. The van der Waals surface area contributed by atoms with Gasteiger partial charge in [-0.3, -0.25) is 4.79 Å². The molecule has 1 fully saturated rings. The number of benzene rings is 2. The fourth-order valence-corrected chi connectivity index (χ4v) is 5.29. The monoisotopic (exact) mass is 551 g/mol. The minimum absolute atomic E-state index is 0.0755. The smallest absolute Gasteiger partial charge is 0.408 e. The number of carbonyl (C=O) groups excluding carboxylic acids is 3. The van der Waals surface area contributed by atoms with E-state index >= 15 is 0 Å². The molecule has 1 aliphatic rings. The predicted molar refractivity (Wildman–Crippen MR) is 154 cm³/mol. The van der Waals surface area contributed by atoms with E-state index in [2.05, 4.69) is 5.32 Å². The highest BCUT2D eigenvalue weighted by molar-refractivity contribution is 5.81. The second kappa shape index (κ2) is 15.4. The summed E-state index contributed by atoms with van der Waals surface area (Å²) in [6.45, 7) is 5.77. The van der Waals surface area contributed by atoms with Crippen LogP contribution in [0.15, 0.2) is 60.7 Å². The van der Waals surface area contributed by atoms with Gasteiger partial charge in [0.05, 0.1) is 6.42 Å². The molecule has 1 aliphatic carbocycles. The summed E-state index contributed by atoms with van der Waals surface area (Å²) in [6.07, 6.45) is 8.06. The highest BCUT2D eigenvalue weighted by Crippen LogP contribution is 2.44. The molecule has 7 nitrogen and oxygen atoms in total. The molecule has 3 rings (SSSR count). The fourth-order valence-electron chi connectivity index (χ4n) is 5.29. The molecule has 0 radical (unpaired) electrons. The summed E-state index contributed by atoms with van der Waals surface area (Å²) in [5, 5.41) is 2.71. The highest BCUT2D eigenvalue weighted by atomic mass is 16.6. The Hall–Kier alpha value is -3.35. The van der Waals surface area contributed by atoms with Gasteiger partial charge in [0.15, 0.2) is 0 Å². The summed E-state index contributed by atoms with van der Waals surface area (Å²) < 4.78 is 16.5. The standard InChI is InChI=1S/C33H45NO6/c1-32(2,3)40-31(37)34-28(30(36)39-25-27-17-9-5-10-18-27)19-11-14-22-33(20-12-6-13-21-33)23-29(35)38-24-26-15-7-4-8-16-26/h4-5,7-10,15-18,28H,6,11-14,19-25H2,1-3H3,(H,34,37). The van der Waals surface area contributed by atoms with Crippen LogP contribution in [0.1, 0.15) is 96.1 Å². The summed E-state index contributed by atoms with van der Waals surface area (Å²) in [6, 6.07) is 18.4. The number of hydrogen-bond donors (Lipinski definition) is 1. The van der Waals surface area contributed by atoms with Crippen LogP contribution in [0.3, 0.4) is 0 Å². The number of rotatable bonds is 13. The Bertz CT molecular complexity index is 1060. The molecule has 0 aliphatic heterocycles. The quantitative estimate of drug-likeness (QED) is 0.160. The van der Waals surface area contributed by atoms with E-state index in [0.29, 0.717) is 25.9 Å². The van der Waals surface area contributed by atoms with Crippen molar-refractivity contribution in [1.29, 1.82) is 0 Å². The lowest BCUT2D eigenvalue weighted by Crippen LogP contribution is -2.44. The topological polar surface area (TPSA) is 90.9 Å². The molecule has 2 aromatic rings. The van der Waals surface area contributed by atoms with Crippen molar-refractivity contribution in [3.8, 4) is 0 Å². The predicted octanol–water partition coefficient (Wildman–Crippen LogP) is 7.27. The molecular formula is C33H45NO6. The van der Waals surface area contributed by atoms with E-state index in [-0.39, 0.29) is 18.0 Å². The first-order valence-electron chi connectivity index (χ1n) is 14.5. The first kappa shape index (κ1) is 31.2. The van der Waals surface area contributed by atoms with Gasteiger partial charge in [-0.1, -0.05) is 92.8 Å². The van der Waals surface area contributed by atoms with Crippen molar-refractivity contribution in [1.82, 2.24) is 5.32 Å². The molecular weight excluding hydrogens is 506 g/mol. The SMILES string of the molecule is CC(C)(C)OC(=O)NC(CCCCC1(CC(=O)OCc2ccccc2)CCCCC1)C(=O)OCc1ccccc1. The fraction of sp³-hybridized carbons (Fsp3) is 0.545. The number of carbonyl (C=O) groups is 3. The van der Waals surface area contributed by atoms with Crippen molar-refractivity contribution in [3.63, 3.8) is 0 Å². The first-order valence-corrected chi connectivity index (χ1v) is 14.5. The summed E-state index contributed by atoms with van der Waals surface area (Å²) >= 11 is 0. The van der Waals surface area contributed by atoms with Gasteiger partial charge in [0, 0.05) is 0 Å². The molecule has 1 amide bonds. The van der Waals surface area contributed by atoms with Crippen molar-refractivity contribution in [2.24, 2.45) is 5.41 Å². The van der Waals surface area contributed by atoms with E-state index < -0.39 is 23.7 Å². The third-order valence-electron chi connectivity index (χ3n) is 7.33. The number of alkyl carbamates (subject to hydrolysis) is 1. The van der Waals surface area contributed by atoms with Crippen LogP contribution in [0, 0.1) is 5.41 Å². The van der Waals surface area contributed by atoms with Crippen LogP contribution in [0.25, 0.3) is 0 Å². The van der Waals surface area contributed by atoms with Crippen LogP contribution in [0.2, 0.25) is 0 Å². The van der Waals surface area contributed by atoms with E-state index in [9.17, 15) is 14.4 Å². The largest absolute Gasteiger partial charge is 0.461 e. The van der Waals surface area contributed by atoms with Gasteiger partial charge in [0.2, 0.25) is 0 Å². The molecule has 218 valence electrons. The average Bonchev–Trinajstić information content (AvgIpc) is 2.93. The highest BCUT2D eigenvalue weighted by Gasteiger charge is 2.35. The van der Waals surface area contributed by atoms with E-state index in [4.69, 9.17) is 14.2 Å². The molecule has 1 unspecified atom stereocenters. The third-order valence-corrected chi connectivity index (χ3v) is 7.33. The number of unbranched alkanes of at least 4 members (excludes halogenated alkanes) is 1. The van der Waals surface area contributed by atoms with Gasteiger partial charge in [-0.2, -0.15) is 0 Å². The van der Waals surface area contributed by atoms with Crippen LogP contribution in [0.5, 0.6) is 0 Å². The molecule has 1 atom stereocenters. The van der Waals surface area contributed by atoms with Crippen LogP contribution >= 0.6 is 0 Å². The third kappa shape index (κ3) is 11.4. The second-order valence-electron chi connectivity index (χ2n) is 11.9. The van der Waals surface area contributed by atoms with Crippen LogP contribution in [0.4, 0.5) is 4.79 Å². The Morgan fingerprint density at radius 1 is 0.825 bits per heavy atom. The second-order valence-corrected chi connectivity index (χ2v) is 11.9. The summed E-state index contributed by atoms with van der Waals surface area (Å²) in [7, 11) is 0. The minimum Gasteiger partial charge on any atom is -0.461 e. The van der Waals surface area contributed by atoms with Crippen LogP contribution in [-0.4, -0.2) is 29.7 Å². The van der Waals surface area contributed by atoms with Gasteiger partial charge in [0.25, 0.3) is 0 Å². The summed E-state index contributed by atoms with van der Waals surface area (Å²) in [5.74, 6) is -0.633. The minimum atomic E-state index is -0.809. The molecule has 2 aromatic carbocycles. The molecule has 1 saturated carbocycles. The van der Waals surface area contributed by atoms with Gasteiger partial charge < -0.3 is 19.5 Å². The molecule has 0 bridgehead atoms. The zero-order valence-corrected chi connectivity index (χ0v) is 24.3. The number of nitrogens with one attached hydrogen (secondary N) is 1. The zero-order valence-electron chi connectivity index (χ0n) is 24.3. The van der Waals surface area contributed by atoms with Crippen molar-refractivity contribution < 1.29 is 28.6 Å². The number of amides is 1. The van der Waals surface area contributed by atoms with Gasteiger partial charge >= 0.3 is 18.0 Å². The normalized spacial score (nSPS) is 15.5. The Balaban J connectivity index is 1.54. The Morgan fingerprint density at radius 2 is 1.40 bits per heavy atom.